The van der Waals surface area contributed by atoms with Crippen LogP contribution in [0.3, 0.4) is 0 Å². The van der Waals surface area contributed by atoms with Crippen molar-refractivity contribution in [3.05, 3.63) is 43.6 Å². The molecule has 10 heteroatoms. The molecule has 0 atom stereocenters. The van der Waals surface area contributed by atoms with Gasteiger partial charge in [-0.1, -0.05) is 18.5 Å². The lowest BCUT2D eigenvalue weighted by Crippen LogP contribution is -2.35. The third kappa shape index (κ3) is 4.56. The minimum atomic E-state index is -0.762. The lowest BCUT2D eigenvalue weighted by Gasteiger charge is -2.21. The van der Waals surface area contributed by atoms with Crippen molar-refractivity contribution in [1.82, 2.24) is 24.8 Å². The summed E-state index contributed by atoms with van der Waals surface area (Å²) >= 11 is 6.30. The van der Waals surface area contributed by atoms with E-state index in [0.29, 0.717) is 22.5 Å². The second-order valence-corrected chi connectivity index (χ2v) is 7.93. The first-order valence-electron chi connectivity index (χ1n) is 9.19. The predicted molar refractivity (Wildman–Crippen MR) is 110 cm³/mol. The Hall–Kier alpha value is -2.94. The summed E-state index contributed by atoms with van der Waals surface area (Å²) in [6.07, 6.45) is 0.131. The number of H-pyrrole nitrogens is 1. The van der Waals surface area contributed by atoms with E-state index in [1.807, 2.05) is 13.0 Å². The monoisotopic (exact) mass is 419 g/mol. The maximum atomic E-state index is 12.2. The summed E-state index contributed by atoms with van der Waals surface area (Å²) < 4.78 is 6.91. The molecule has 0 fully saturated rings. The zero-order valence-corrected chi connectivity index (χ0v) is 17.4. The Bertz CT molecular complexity index is 1160. The molecule has 0 aliphatic carbocycles. The molecule has 0 radical (unpaired) electrons. The number of ether oxygens (including phenoxy) is 1. The van der Waals surface area contributed by atoms with Gasteiger partial charge < -0.3 is 14.6 Å². The van der Waals surface area contributed by atoms with E-state index in [-0.39, 0.29) is 24.6 Å². The largest absolute Gasteiger partial charge is 0.444 e. The number of amides is 1. The highest BCUT2D eigenvalue weighted by Gasteiger charge is 2.20. The number of fused-ring (bicyclic) bond motifs is 2. The van der Waals surface area contributed by atoms with Crippen molar-refractivity contribution in [2.75, 3.05) is 6.54 Å². The molecule has 0 saturated carbocycles. The van der Waals surface area contributed by atoms with Crippen molar-refractivity contribution >= 4 is 28.7 Å². The van der Waals surface area contributed by atoms with Crippen LogP contribution in [-0.4, -0.2) is 37.8 Å². The Labute approximate surface area is 171 Å². The first-order valence-corrected chi connectivity index (χ1v) is 9.56. The molecule has 9 nitrogen and oxygen atoms in total. The molecule has 2 N–H and O–H groups in total. The molecule has 1 aromatic carbocycles. The number of benzene rings is 1. The van der Waals surface area contributed by atoms with Crippen LogP contribution < -0.4 is 16.6 Å². The highest BCUT2D eigenvalue weighted by atomic mass is 35.5. The highest BCUT2D eigenvalue weighted by molar-refractivity contribution is 6.32. The molecule has 0 spiro atoms. The van der Waals surface area contributed by atoms with Crippen LogP contribution in [-0.2, 0) is 17.7 Å². The number of hydrogen-bond acceptors (Lipinski definition) is 6. The molecule has 154 valence electrons. The van der Waals surface area contributed by atoms with Crippen LogP contribution in [0, 0.1) is 0 Å². The van der Waals surface area contributed by atoms with Gasteiger partial charge in [0.25, 0.3) is 5.56 Å². The van der Waals surface area contributed by atoms with Crippen molar-refractivity contribution in [2.24, 2.45) is 0 Å². The van der Waals surface area contributed by atoms with Crippen molar-refractivity contribution in [1.29, 1.82) is 0 Å². The van der Waals surface area contributed by atoms with Gasteiger partial charge >= 0.3 is 11.8 Å². The fraction of sp³-hybridized carbons (Fsp3) is 0.421. The van der Waals surface area contributed by atoms with E-state index in [1.165, 1.54) is 0 Å². The molecule has 2 heterocycles. The van der Waals surface area contributed by atoms with E-state index in [4.69, 9.17) is 16.3 Å². The second kappa shape index (κ2) is 7.82. The summed E-state index contributed by atoms with van der Waals surface area (Å²) in [5.41, 5.74) is 0.0432. The average Bonchev–Trinajstić information content (AvgIpc) is 2.60. The van der Waals surface area contributed by atoms with E-state index in [0.717, 1.165) is 5.56 Å². The quantitative estimate of drug-likeness (QED) is 0.626. The van der Waals surface area contributed by atoms with Gasteiger partial charge in [0, 0.05) is 18.1 Å². The molecule has 0 bridgehead atoms. The number of aromatic nitrogens is 4. The molecular formula is C19H22ClN5O4. The van der Waals surface area contributed by atoms with Gasteiger partial charge in [-0.05, 0) is 44.9 Å². The van der Waals surface area contributed by atoms with Gasteiger partial charge in [-0.15, -0.1) is 0 Å². The van der Waals surface area contributed by atoms with Crippen LogP contribution in [0.25, 0.3) is 22.6 Å². The summed E-state index contributed by atoms with van der Waals surface area (Å²) in [7, 11) is 0. The van der Waals surface area contributed by atoms with Crippen LogP contribution in [0.1, 0.15) is 33.3 Å². The van der Waals surface area contributed by atoms with Crippen LogP contribution in [0.15, 0.2) is 21.7 Å². The molecule has 0 aromatic heterocycles. The Balaban J connectivity index is 2.07. The van der Waals surface area contributed by atoms with E-state index >= 15 is 0 Å². The summed E-state index contributed by atoms with van der Waals surface area (Å²) in [6, 6.07) is 3.53. The molecule has 0 unspecified atom stereocenters. The molecule has 0 saturated heterocycles. The number of aromatic amines is 1. The summed E-state index contributed by atoms with van der Waals surface area (Å²) in [4.78, 5) is 46.4. The maximum Gasteiger partial charge on any atom is 0.407 e. The van der Waals surface area contributed by atoms with Gasteiger partial charge in [0.1, 0.15) is 5.60 Å². The lowest BCUT2D eigenvalue weighted by atomic mass is 10.1. The average molecular weight is 420 g/mol. The van der Waals surface area contributed by atoms with Crippen LogP contribution >= 0.6 is 11.6 Å². The second-order valence-electron chi connectivity index (χ2n) is 7.52. The van der Waals surface area contributed by atoms with Gasteiger partial charge in [0.15, 0.2) is 11.5 Å². The Kier molecular flexibility index (Phi) is 5.61. The number of hydrogen-bond donors (Lipinski definition) is 2. The molecule has 1 aromatic rings. The number of carbonyl (C=O) groups is 1. The fourth-order valence-corrected chi connectivity index (χ4v) is 3.23. The topological polar surface area (TPSA) is 119 Å². The first-order chi connectivity index (χ1) is 13.6. The van der Waals surface area contributed by atoms with E-state index in [1.54, 1.807) is 31.4 Å². The molecule has 2 aliphatic heterocycles. The van der Waals surface area contributed by atoms with Crippen molar-refractivity contribution in [3.63, 3.8) is 0 Å². The summed E-state index contributed by atoms with van der Waals surface area (Å²) in [6.45, 7) is 7.72. The van der Waals surface area contributed by atoms with Gasteiger partial charge in [-0.3, -0.25) is 9.78 Å². The maximum absolute atomic E-state index is 12.2. The lowest BCUT2D eigenvalue weighted by molar-refractivity contribution is 0.0526. The van der Waals surface area contributed by atoms with Crippen molar-refractivity contribution in [3.8, 4) is 11.5 Å². The Morgan fingerprint density at radius 1 is 1.28 bits per heavy atom. The zero-order valence-electron chi connectivity index (χ0n) is 16.6. The van der Waals surface area contributed by atoms with Crippen LogP contribution in [0.4, 0.5) is 4.79 Å². The number of halogens is 1. The van der Waals surface area contributed by atoms with Crippen molar-refractivity contribution < 1.29 is 9.53 Å². The van der Waals surface area contributed by atoms with Crippen LogP contribution in [0.2, 0.25) is 5.02 Å². The third-order valence-electron chi connectivity index (χ3n) is 4.16. The van der Waals surface area contributed by atoms with Gasteiger partial charge in [-0.2, -0.15) is 4.98 Å². The van der Waals surface area contributed by atoms with Gasteiger partial charge in [0.2, 0.25) is 0 Å². The number of alkyl carbamates (subject to hydrolysis) is 1. The van der Waals surface area contributed by atoms with Crippen LogP contribution in [0.5, 0.6) is 0 Å². The molecule has 3 rings (SSSR count). The smallest absolute Gasteiger partial charge is 0.407 e. The third-order valence-corrected chi connectivity index (χ3v) is 4.51. The normalized spacial score (nSPS) is 11.8. The minimum Gasteiger partial charge on any atom is -0.444 e. The number of nitrogens with one attached hydrogen (secondary N) is 2. The highest BCUT2D eigenvalue weighted by Crippen LogP contribution is 2.27. The Morgan fingerprint density at radius 3 is 2.66 bits per heavy atom. The molecule has 1 amide bonds. The van der Waals surface area contributed by atoms with E-state index < -0.39 is 22.9 Å². The van der Waals surface area contributed by atoms with Gasteiger partial charge in [-0.25, -0.2) is 14.6 Å². The van der Waals surface area contributed by atoms with E-state index in [2.05, 4.69) is 20.3 Å². The SMILES string of the molecule is CCc1cc2c(cc1Cl)nc1c(=O)[nH]c(=O)nc-1n2CCNC(=O)OC(C)(C)C. The zero-order chi connectivity index (χ0) is 21.3. The summed E-state index contributed by atoms with van der Waals surface area (Å²) in [5, 5.41) is 3.20. The number of aryl methyl sites for hydroxylation is 1. The number of rotatable bonds is 4. The number of carbonyl (C=O) groups excluding carboxylic acids is 1. The first kappa shape index (κ1) is 20.8. The van der Waals surface area contributed by atoms with E-state index in [9.17, 15) is 14.4 Å². The molecule has 29 heavy (non-hydrogen) atoms. The molecule has 2 aliphatic rings. The number of nitrogens with zero attached hydrogens (tertiary/aromatic N) is 3. The van der Waals surface area contributed by atoms with Crippen molar-refractivity contribution in [2.45, 2.75) is 46.3 Å². The summed E-state index contributed by atoms with van der Waals surface area (Å²) in [5.74, 6) is 0.140. The van der Waals surface area contributed by atoms with Gasteiger partial charge in [0.05, 0.1) is 11.0 Å². The minimum absolute atomic E-state index is 0.0229. The predicted octanol–water partition coefficient (Wildman–Crippen LogP) is 2.33. The fourth-order valence-electron chi connectivity index (χ4n) is 2.94. The Morgan fingerprint density at radius 2 is 2.00 bits per heavy atom. The standard InChI is InChI=1S/C19H22ClN5O4/c1-5-10-8-13-12(9-11(10)20)22-14-15(23-17(27)24-16(14)26)25(13)7-6-21-18(28)29-19(2,3)4/h8-9H,5-7H2,1-4H3,(H,21,28)(H,24,26,27). The molecular weight excluding hydrogens is 398 g/mol.